The second kappa shape index (κ2) is 10.9. The number of nitrogens with two attached hydrogens (primary N) is 1. The van der Waals surface area contributed by atoms with Crippen molar-refractivity contribution in [3.05, 3.63) is 35.4 Å². The summed E-state index contributed by atoms with van der Waals surface area (Å²) in [4.78, 5) is 37.1. The molecule has 0 aliphatic heterocycles. The van der Waals surface area contributed by atoms with E-state index in [1.807, 2.05) is 0 Å². The zero-order valence-corrected chi connectivity index (χ0v) is 15.4. The standard InChI is InChI=1S/C9H14N4O3.C8H6O4/c1-4-15-8(14)9(2,3)16-13-6(5-10)7(11)12;9-7(10)5-3-1-2-4-6(5)8(11)12/h4H2,1-3H3,(H3,11,12);1-4H,(H,9,10)(H,11,12). The molecule has 0 fully saturated rings. The molecule has 1 rings (SSSR count). The van der Waals surface area contributed by atoms with Crippen molar-refractivity contribution in [1.29, 1.82) is 10.7 Å². The van der Waals surface area contributed by atoms with E-state index in [2.05, 4.69) is 5.16 Å². The average Bonchev–Trinajstić information content (AvgIpc) is 2.62. The number of benzene rings is 1. The molecule has 0 amide bonds. The Hall–Kier alpha value is -3.94. The van der Waals surface area contributed by atoms with Crippen LogP contribution in [0, 0.1) is 16.7 Å². The van der Waals surface area contributed by atoms with E-state index in [0.717, 1.165) is 0 Å². The summed E-state index contributed by atoms with van der Waals surface area (Å²) in [5.74, 6) is -3.59. The Bertz CT molecular complexity index is 792. The van der Waals surface area contributed by atoms with Gasteiger partial charge in [-0.1, -0.05) is 17.3 Å². The summed E-state index contributed by atoms with van der Waals surface area (Å²) >= 11 is 0. The largest absolute Gasteiger partial charge is 0.478 e. The minimum atomic E-state index is -1.33. The molecule has 0 saturated heterocycles. The third-order valence-corrected chi connectivity index (χ3v) is 2.88. The van der Waals surface area contributed by atoms with E-state index in [9.17, 15) is 14.4 Å². The lowest BCUT2D eigenvalue weighted by atomic mass is 10.1. The molecule has 5 N–H and O–H groups in total. The molecule has 0 aliphatic carbocycles. The van der Waals surface area contributed by atoms with Crippen LogP contribution in [0.4, 0.5) is 0 Å². The smallest absolute Gasteiger partial charge is 0.352 e. The quantitative estimate of drug-likeness (QED) is 0.228. The second-order valence-electron chi connectivity index (χ2n) is 5.44. The van der Waals surface area contributed by atoms with Crippen LogP contribution in [0.5, 0.6) is 0 Å². The Morgan fingerprint density at radius 1 is 1.21 bits per heavy atom. The number of carbonyl (C=O) groups excluding carboxylic acids is 1. The van der Waals surface area contributed by atoms with Crippen LogP contribution in [0.25, 0.3) is 0 Å². The Kier molecular flexibility index (Phi) is 9.38. The number of aromatic carboxylic acids is 2. The van der Waals surface area contributed by atoms with Gasteiger partial charge in [-0.3, -0.25) is 5.41 Å². The Balaban J connectivity index is 0.000000540. The predicted molar refractivity (Wildman–Crippen MR) is 97.1 cm³/mol. The van der Waals surface area contributed by atoms with Crippen LogP contribution in [0.2, 0.25) is 0 Å². The number of nitrogens with zero attached hydrogens (tertiary/aromatic N) is 2. The van der Waals surface area contributed by atoms with Crippen molar-refractivity contribution in [3.63, 3.8) is 0 Å². The lowest BCUT2D eigenvalue weighted by Crippen LogP contribution is -2.36. The second-order valence-corrected chi connectivity index (χ2v) is 5.44. The number of rotatable bonds is 7. The number of hydrogen-bond acceptors (Lipinski definition) is 8. The molecule has 0 saturated carbocycles. The summed E-state index contributed by atoms with van der Waals surface area (Å²) in [5.41, 5.74) is 2.95. The van der Waals surface area contributed by atoms with E-state index in [-0.39, 0.29) is 17.7 Å². The van der Waals surface area contributed by atoms with Crippen LogP contribution in [-0.2, 0) is 14.4 Å². The molecule has 11 heteroatoms. The van der Waals surface area contributed by atoms with Crippen molar-refractivity contribution >= 4 is 29.5 Å². The maximum atomic E-state index is 11.4. The molecule has 0 aliphatic rings. The molecule has 0 atom stereocenters. The van der Waals surface area contributed by atoms with Gasteiger partial charge < -0.3 is 25.5 Å². The first kappa shape index (κ1) is 24.1. The monoisotopic (exact) mass is 392 g/mol. The number of carbonyl (C=O) groups is 3. The number of nitriles is 1. The van der Waals surface area contributed by atoms with Crippen molar-refractivity contribution < 1.29 is 34.2 Å². The summed E-state index contributed by atoms with van der Waals surface area (Å²) in [6.07, 6.45) is 0. The number of carboxylic acid groups (broad SMARTS) is 2. The lowest BCUT2D eigenvalue weighted by Gasteiger charge is -2.19. The Labute approximate surface area is 160 Å². The normalized spacial score (nSPS) is 10.6. The number of hydrogen-bond donors (Lipinski definition) is 4. The number of amidine groups is 1. The maximum Gasteiger partial charge on any atom is 0.352 e. The molecule has 0 aromatic heterocycles. The predicted octanol–water partition coefficient (Wildman–Crippen LogP) is 1.24. The van der Waals surface area contributed by atoms with Gasteiger partial charge in [0.1, 0.15) is 6.07 Å². The fraction of sp³-hybridized carbons (Fsp3) is 0.294. The van der Waals surface area contributed by atoms with Gasteiger partial charge in [0.25, 0.3) is 0 Å². The first-order valence-electron chi connectivity index (χ1n) is 7.71. The fourth-order valence-electron chi connectivity index (χ4n) is 1.49. The highest BCUT2D eigenvalue weighted by Gasteiger charge is 2.32. The van der Waals surface area contributed by atoms with E-state index in [1.54, 1.807) is 13.0 Å². The zero-order valence-electron chi connectivity index (χ0n) is 15.4. The average molecular weight is 392 g/mol. The molecule has 1 aromatic carbocycles. The van der Waals surface area contributed by atoms with Gasteiger partial charge in [0, 0.05) is 0 Å². The number of carboxylic acids is 2. The van der Waals surface area contributed by atoms with Crippen LogP contribution in [-0.4, -0.2) is 51.9 Å². The van der Waals surface area contributed by atoms with Crippen molar-refractivity contribution in [2.75, 3.05) is 6.61 Å². The number of ether oxygens (including phenoxy) is 1. The van der Waals surface area contributed by atoms with Gasteiger partial charge in [0.15, 0.2) is 5.84 Å². The lowest BCUT2D eigenvalue weighted by molar-refractivity contribution is -0.167. The van der Waals surface area contributed by atoms with Crippen molar-refractivity contribution in [2.45, 2.75) is 26.4 Å². The summed E-state index contributed by atoms with van der Waals surface area (Å²) in [6, 6.07) is 7.04. The molecule has 28 heavy (non-hydrogen) atoms. The minimum Gasteiger partial charge on any atom is -0.478 e. The molecule has 0 spiro atoms. The van der Waals surface area contributed by atoms with Crippen molar-refractivity contribution in [1.82, 2.24) is 0 Å². The van der Waals surface area contributed by atoms with E-state index >= 15 is 0 Å². The topological polar surface area (TPSA) is 196 Å². The summed E-state index contributed by atoms with van der Waals surface area (Å²) < 4.78 is 4.73. The number of nitrogens with one attached hydrogen (secondary N) is 1. The van der Waals surface area contributed by atoms with Gasteiger partial charge in [0.2, 0.25) is 11.3 Å². The summed E-state index contributed by atoms with van der Waals surface area (Å²) in [7, 11) is 0. The fourth-order valence-corrected chi connectivity index (χ4v) is 1.49. The van der Waals surface area contributed by atoms with Gasteiger partial charge >= 0.3 is 17.9 Å². The third kappa shape index (κ3) is 7.52. The molecular weight excluding hydrogens is 372 g/mol. The Morgan fingerprint density at radius 2 is 1.68 bits per heavy atom. The highest BCUT2D eigenvalue weighted by molar-refractivity contribution is 6.45. The highest BCUT2D eigenvalue weighted by Crippen LogP contribution is 2.12. The van der Waals surface area contributed by atoms with Crippen LogP contribution in [0.15, 0.2) is 29.4 Å². The zero-order chi connectivity index (χ0) is 21.9. The number of oxime groups is 1. The third-order valence-electron chi connectivity index (χ3n) is 2.88. The minimum absolute atomic E-state index is 0.190. The molecule has 1 aromatic rings. The van der Waals surface area contributed by atoms with E-state index in [0.29, 0.717) is 0 Å². The van der Waals surface area contributed by atoms with Gasteiger partial charge in [0.05, 0.1) is 17.7 Å². The molecule has 0 radical (unpaired) electrons. The molecule has 0 bridgehead atoms. The van der Waals surface area contributed by atoms with E-state index in [1.165, 1.54) is 38.1 Å². The van der Waals surface area contributed by atoms with Crippen LogP contribution in [0.3, 0.4) is 0 Å². The maximum absolute atomic E-state index is 11.4. The molecular formula is C17H20N4O7. The van der Waals surface area contributed by atoms with Crippen molar-refractivity contribution in [3.8, 4) is 6.07 Å². The summed E-state index contributed by atoms with van der Waals surface area (Å²) in [6.45, 7) is 4.74. The van der Waals surface area contributed by atoms with Gasteiger partial charge in [-0.15, -0.1) is 0 Å². The van der Waals surface area contributed by atoms with Crippen LogP contribution < -0.4 is 5.73 Å². The van der Waals surface area contributed by atoms with Gasteiger partial charge in [-0.25, -0.2) is 14.4 Å². The van der Waals surface area contributed by atoms with Crippen LogP contribution >= 0.6 is 0 Å². The number of esters is 1. The SMILES string of the molecule is CCOC(=O)C(C)(C)ON=C(C#N)C(=N)N.O=C(O)c1ccccc1C(=O)O. The first-order valence-corrected chi connectivity index (χ1v) is 7.71. The van der Waals surface area contributed by atoms with Crippen molar-refractivity contribution in [2.24, 2.45) is 10.9 Å². The molecule has 0 unspecified atom stereocenters. The van der Waals surface area contributed by atoms with Gasteiger partial charge in [-0.2, -0.15) is 5.26 Å². The highest BCUT2D eigenvalue weighted by atomic mass is 16.7. The first-order chi connectivity index (χ1) is 13.0. The van der Waals surface area contributed by atoms with Crippen LogP contribution in [0.1, 0.15) is 41.5 Å². The Morgan fingerprint density at radius 3 is 2.00 bits per heavy atom. The molecule has 150 valence electrons. The van der Waals surface area contributed by atoms with E-state index < -0.39 is 35.1 Å². The molecule has 0 heterocycles. The van der Waals surface area contributed by atoms with E-state index in [4.69, 9.17) is 36.2 Å². The summed E-state index contributed by atoms with van der Waals surface area (Å²) in [5, 5.41) is 35.9. The van der Waals surface area contributed by atoms with Gasteiger partial charge in [-0.05, 0) is 32.9 Å². The molecule has 11 nitrogen and oxygen atoms in total.